The van der Waals surface area contributed by atoms with Crippen LogP contribution in [0.4, 0.5) is 8.78 Å². The van der Waals surface area contributed by atoms with Crippen LogP contribution in [0.3, 0.4) is 0 Å². The average Bonchev–Trinajstić information content (AvgIpc) is 2.92. The second kappa shape index (κ2) is 12.8. The Balaban J connectivity index is 1.35. The van der Waals surface area contributed by atoms with Crippen molar-refractivity contribution in [1.82, 2.24) is 10.7 Å². The van der Waals surface area contributed by atoms with Gasteiger partial charge in [0, 0.05) is 34.9 Å². The predicted molar refractivity (Wildman–Crippen MR) is 152 cm³/mol. The number of halogens is 3. The molecule has 4 aromatic carbocycles. The van der Waals surface area contributed by atoms with Crippen molar-refractivity contribution in [3.8, 4) is 11.5 Å². The van der Waals surface area contributed by atoms with E-state index in [9.17, 15) is 23.5 Å². The summed E-state index contributed by atoms with van der Waals surface area (Å²) in [4.78, 5) is 25.1. The van der Waals surface area contributed by atoms with Crippen molar-refractivity contribution in [2.75, 3.05) is 6.61 Å². The second-order valence-electron chi connectivity index (χ2n) is 8.68. The van der Waals surface area contributed by atoms with Crippen LogP contribution in [0.2, 0.25) is 5.02 Å². The van der Waals surface area contributed by atoms with Crippen molar-refractivity contribution in [1.29, 1.82) is 0 Å². The molecular formula is C29H24ClF2N3O4S. The summed E-state index contributed by atoms with van der Waals surface area (Å²) in [7, 11) is 0. The van der Waals surface area contributed by atoms with Gasteiger partial charge in [0.05, 0.1) is 11.2 Å². The Hall–Kier alpha value is -4.15. The van der Waals surface area contributed by atoms with Gasteiger partial charge in [0.2, 0.25) is 0 Å². The molecule has 0 atom stereocenters. The lowest BCUT2D eigenvalue weighted by Crippen LogP contribution is -2.28. The summed E-state index contributed by atoms with van der Waals surface area (Å²) in [5.41, 5.74) is 4.14. The van der Waals surface area contributed by atoms with Crippen LogP contribution in [0.25, 0.3) is 10.8 Å². The van der Waals surface area contributed by atoms with Gasteiger partial charge in [0.25, 0.3) is 17.1 Å². The van der Waals surface area contributed by atoms with E-state index < -0.39 is 11.2 Å². The lowest BCUT2D eigenvalue weighted by Gasteiger charge is -2.12. The monoisotopic (exact) mass is 583 g/mol. The summed E-state index contributed by atoms with van der Waals surface area (Å²) in [6.07, 6.45) is 1.49. The van der Waals surface area contributed by atoms with E-state index in [2.05, 4.69) is 15.8 Å². The van der Waals surface area contributed by atoms with Gasteiger partial charge in [-0.05, 0) is 53.4 Å². The van der Waals surface area contributed by atoms with Gasteiger partial charge in [0.15, 0.2) is 6.61 Å². The fourth-order valence-corrected chi connectivity index (χ4v) is 4.55. The van der Waals surface area contributed by atoms with Gasteiger partial charge < -0.3 is 15.2 Å². The Kier molecular flexibility index (Phi) is 9.23. The quantitative estimate of drug-likeness (QED) is 0.115. The first-order valence-electron chi connectivity index (χ1n) is 12.0. The Labute approximate surface area is 238 Å². The van der Waals surface area contributed by atoms with Crippen LogP contribution >= 0.6 is 23.4 Å². The first-order chi connectivity index (χ1) is 19.1. The van der Waals surface area contributed by atoms with Crippen molar-refractivity contribution >= 4 is 52.2 Å². The number of nitrogens with zero attached hydrogens (tertiary/aromatic N) is 1. The van der Waals surface area contributed by atoms with E-state index >= 15 is 0 Å². The number of amides is 2. The number of thioether (sulfide) groups is 1. The predicted octanol–water partition coefficient (Wildman–Crippen LogP) is 6.36. The smallest absolute Gasteiger partial charge is 0.295 e. The number of aromatic hydroxyl groups is 1. The SMILES string of the molecule is CC(F)(F)Sc1ccc(CNC(=O)COc2ccc(/C=N/NC(=O)c3ccc(O)c(Cl)c3)c3ccccc23)cc1. The highest BCUT2D eigenvalue weighted by molar-refractivity contribution is 8.00. The van der Waals surface area contributed by atoms with Crippen LogP contribution in [0, 0.1) is 0 Å². The molecule has 7 nitrogen and oxygen atoms in total. The number of fused-ring (bicyclic) bond motifs is 1. The number of hydrazone groups is 1. The molecule has 0 aromatic heterocycles. The Morgan fingerprint density at radius 2 is 1.77 bits per heavy atom. The molecule has 4 rings (SSSR count). The van der Waals surface area contributed by atoms with Crippen LogP contribution < -0.4 is 15.5 Å². The number of carbonyl (C=O) groups excluding carboxylic acids is 2. The summed E-state index contributed by atoms with van der Waals surface area (Å²) in [5.74, 6) is -0.468. The third kappa shape index (κ3) is 7.93. The van der Waals surface area contributed by atoms with E-state index in [0.717, 1.165) is 23.3 Å². The standard InChI is InChI=1S/C29H24ClF2N3O4S/c1-29(31,32)40-21-10-6-18(7-11-21)15-33-27(37)17-39-26-13-9-20(22-4-2-3-5-23(22)26)16-34-35-28(38)19-8-12-25(36)24(30)14-19/h2-14,16,36H,15,17H2,1H3,(H,33,37)(H,35,38)/b34-16+. The number of phenolic OH excluding ortho intramolecular Hbond substituents is 1. The molecule has 2 amide bonds. The maximum Gasteiger partial charge on any atom is 0.295 e. The maximum atomic E-state index is 13.1. The number of phenols is 1. The van der Waals surface area contributed by atoms with Gasteiger partial charge in [-0.25, -0.2) is 5.43 Å². The van der Waals surface area contributed by atoms with Crippen molar-refractivity contribution in [3.05, 3.63) is 101 Å². The molecule has 0 bridgehead atoms. The molecule has 11 heteroatoms. The third-order valence-corrected chi connectivity index (χ3v) is 6.74. The van der Waals surface area contributed by atoms with Crippen LogP contribution in [0.5, 0.6) is 11.5 Å². The van der Waals surface area contributed by atoms with E-state index in [0.29, 0.717) is 28.0 Å². The molecule has 40 heavy (non-hydrogen) atoms. The highest BCUT2D eigenvalue weighted by atomic mass is 35.5. The van der Waals surface area contributed by atoms with Crippen molar-refractivity contribution < 1.29 is 28.2 Å². The molecule has 3 N–H and O–H groups in total. The Bertz CT molecular complexity index is 1560. The fourth-order valence-electron chi connectivity index (χ4n) is 3.68. The minimum Gasteiger partial charge on any atom is -0.506 e. The number of ether oxygens (including phenoxy) is 1. The Morgan fingerprint density at radius 1 is 1.05 bits per heavy atom. The molecule has 0 aliphatic rings. The van der Waals surface area contributed by atoms with Crippen molar-refractivity contribution in [3.63, 3.8) is 0 Å². The van der Waals surface area contributed by atoms with Crippen LogP contribution in [0.15, 0.2) is 88.9 Å². The highest BCUT2D eigenvalue weighted by Crippen LogP contribution is 2.35. The van der Waals surface area contributed by atoms with Gasteiger partial charge in [0.1, 0.15) is 11.5 Å². The van der Waals surface area contributed by atoms with E-state index in [1.54, 1.807) is 36.4 Å². The molecule has 0 spiro atoms. The van der Waals surface area contributed by atoms with Crippen LogP contribution in [-0.2, 0) is 11.3 Å². The van der Waals surface area contributed by atoms with Gasteiger partial charge in [-0.2, -0.15) is 13.9 Å². The topological polar surface area (TPSA) is 100 Å². The Morgan fingerprint density at radius 3 is 2.48 bits per heavy atom. The molecule has 0 aliphatic heterocycles. The van der Waals surface area contributed by atoms with Crippen molar-refractivity contribution in [2.24, 2.45) is 5.10 Å². The van der Waals surface area contributed by atoms with Crippen LogP contribution in [-0.4, -0.2) is 35.0 Å². The second-order valence-corrected chi connectivity index (χ2v) is 10.5. The number of nitrogens with one attached hydrogen (secondary N) is 2. The van der Waals surface area contributed by atoms with E-state index in [1.165, 1.54) is 24.4 Å². The zero-order chi connectivity index (χ0) is 28.7. The summed E-state index contributed by atoms with van der Waals surface area (Å²) in [5, 5.41) is 15.0. The first-order valence-corrected chi connectivity index (χ1v) is 13.2. The fraction of sp³-hybridized carbons (Fsp3) is 0.138. The zero-order valence-corrected chi connectivity index (χ0v) is 22.7. The lowest BCUT2D eigenvalue weighted by atomic mass is 10.0. The normalized spacial score (nSPS) is 11.5. The minimum atomic E-state index is -2.86. The summed E-state index contributed by atoms with van der Waals surface area (Å²) in [6.45, 7) is 0.848. The van der Waals surface area contributed by atoms with Gasteiger partial charge >= 0.3 is 0 Å². The molecule has 206 valence electrons. The summed E-state index contributed by atoms with van der Waals surface area (Å²) < 4.78 is 32.0. The molecular weight excluding hydrogens is 560 g/mol. The minimum absolute atomic E-state index is 0.0573. The number of carbonyl (C=O) groups is 2. The number of hydrogen-bond donors (Lipinski definition) is 3. The van der Waals surface area contributed by atoms with Crippen LogP contribution in [0.1, 0.15) is 28.4 Å². The third-order valence-electron chi connectivity index (χ3n) is 5.57. The van der Waals surface area contributed by atoms with Crippen molar-refractivity contribution in [2.45, 2.75) is 23.6 Å². The maximum absolute atomic E-state index is 13.1. The molecule has 0 saturated heterocycles. The van der Waals surface area contributed by atoms with E-state index in [-0.39, 0.29) is 35.4 Å². The lowest BCUT2D eigenvalue weighted by molar-refractivity contribution is -0.123. The van der Waals surface area contributed by atoms with E-state index in [4.69, 9.17) is 16.3 Å². The summed E-state index contributed by atoms with van der Waals surface area (Å²) in [6, 6.07) is 21.5. The average molecular weight is 584 g/mol. The number of alkyl halides is 2. The molecule has 0 aliphatic carbocycles. The molecule has 4 aromatic rings. The largest absolute Gasteiger partial charge is 0.506 e. The highest BCUT2D eigenvalue weighted by Gasteiger charge is 2.22. The molecule has 0 unspecified atom stereocenters. The first kappa shape index (κ1) is 28.8. The molecule has 0 radical (unpaired) electrons. The van der Waals surface area contributed by atoms with Gasteiger partial charge in [-0.3, -0.25) is 9.59 Å². The molecule has 0 saturated carbocycles. The number of rotatable bonds is 10. The number of benzene rings is 4. The molecule has 0 heterocycles. The zero-order valence-electron chi connectivity index (χ0n) is 21.2. The van der Waals surface area contributed by atoms with E-state index in [1.807, 2.05) is 24.3 Å². The van der Waals surface area contributed by atoms with Gasteiger partial charge in [-0.1, -0.05) is 59.8 Å². The summed E-state index contributed by atoms with van der Waals surface area (Å²) >= 11 is 6.32. The molecule has 0 fully saturated rings. The number of hydrogen-bond acceptors (Lipinski definition) is 6. The van der Waals surface area contributed by atoms with Gasteiger partial charge in [-0.15, -0.1) is 0 Å².